The van der Waals surface area contributed by atoms with E-state index in [4.69, 9.17) is 34.8 Å². The number of benzene rings is 1. The van der Waals surface area contributed by atoms with Gasteiger partial charge in [0.1, 0.15) is 11.0 Å². The van der Waals surface area contributed by atoms with Gasteiger partial charge in [0.15, 0.2) is 0 Å². The van der Waals surface area contributed by atoms with Gasteiger partial charge in [-0.3, -0.25) is 0 Å². The number of hydrogen-bond donors (Lipinski definition) is 0. The number of nitrogens with zero attached hydrogens (tertiary/aromatic N) is 2. The van der Waals surface area contributed by atoms with E-state index >= 15 is 0 Å². The number of hydrogen-bond acceptors (Lipinski definition) is 3. The molecule has 3 rings (SSSR count). The Morgan fingerprint density at radius 1 is 1.05 bits per heavy atom. The lowest BCUT2D eigenvalue weighted by molar-refractivity contribution is 0.928. The fourth-order valence-electron chi connectivity index (χ4n) is 2.00. The molecule has 1 aliphatic rings. The average molecular weight is 332 g/mol. The van der Waals surface area contributed by atoms with E-state index in [2.05, 4.69) is 9.97 Å². The van der Waals surface area contributed by atoms with Gasteiger partial charge in [0.25, 0.3) is 0 Å². The molecular formula is C13H9Cl3N2S. The Balaban J connectivity index is 1.98. The lowest BCUT2D eigenvalue weighted by atomic mass is 10.1. The predicted molar refractivity (Wildman–Crippen MR) is 81.3 cm³/mol. The first kappa shape index (κ1) is 13.5. The van der Waals surface area contributed by atoms with Crippen molar-refractivity contribution in [3.63, 3.8) is 0 Å². The molecule has 0 N–H and O–H groups in total. The summed E-state index contributed by atoms with van der Waals surface area (Å²) < 4.78 is 0. The van der Waals surface area contributed by atoms with E-state index in [1.54, 1.807) is 11.8 Å². The molecule has 0 saturated heterocycles. The second kappa shape index (κ2) is 5.49. The molecule has 98 valence electrons. The van der Waals surface area contributed by atoms with Crippen molar-refractivity contribution in [3.8, 4) is 0 Å². The molecule has 0 aliphatic carbocycles. The lowest BCUT2D eigenvalue weighted by Crippen LogP contribution is -2.03. The van der Waals surface area contributed by atoms with E-state index < -0.39 is 0 Å². The Labute approximate surface area is 130 Å². The zero-order chi connectivity index (χ0) is 13.4. The van der Waals surface area contributed by atoms with Gasteiger partial charge in [-0.2, -0.15) is 11.8 Å². The Morgan fingerprint density at radius 2 is 1.79 bits per heavy atom. The third kappa shape index (κ3) is 2.70. The van der Waals surface area contributed by atoms with Crippen LogP contribution in [0.4, 0.5) is 0 Å². The van der Waals surface area contributed by atoms with Crippen molar-refractivity contribution in [3.05, 3.63) is 56.0 Å². The van der Waals surface area contributed by atoms with E-state index in [0.717, 1.165) is 28.3 Å². The second-order valence-electron chi connectivity index (χ2n) is 4.23. The first-order valence-electron chi connectivity index (χ1n) is 5.70. The molecule has 1 aromatic carbocycles. The quantitative estimate of drug-likeness (QED) is 0.741. The summed E-state index contributed by atoms with van der Waals surface area (Å²) in [6, 6.07) is 5.45. The first-order chi connectivity index (χ1) is 9.15. The van der Waals surface area contributed by atoms with Gasteiger partial charge >= 0.3 is 0 Å². The SMILES string of the molecule is Clc1cccc(Cl)c1Cc1nc(Cl)c2c(n1)CSC2. The summed E-state index contributed by atoms with van der Waals surface area (Å²) in [6.07, 6.45) is 0.496. The molecule has 0 amide bonds. The molecule has 0 radical (unpaired) electrons. The normalized spacial score (nSPS) is 13.6. The molecule has 0 bridgehead atoms. The van der Waals surface area contributed by atoms with Gasteiger partial charge in [-0.1, -0.05) is 40.9 Å². The summed E-state index contributed by atoms with van der Waals surface area (Å²) in [5, 5.41) is 1.80. The van der Waals surface area contributed by atoms with Gasteiger partial charge in [-0.15, -0.1) is 0 Å². The average Bonchev–Trinajstić information content (AvgIpc) is 2.83. The van der Waals surface area contributed by atoms with Crippen molar-refractivity contribution in [2.75, 3.05) is 0 Å². The highest BCUT2D eigenvalue weighted by Crippen LogP contribution is 2.33. The molecule has 2 heterocycles. The van der Waals surface area contributed by atoms with E-state index in [0.29, 0.717) is 27.4 Å². The van der Waals surface area contributed by atoms with E-state index in [1.165, 1.54) is 0 Å². The van der Waals surface area contributed by atoms with Crippen LogP contribution >= 0.6 is 46.6 Å². The summed E-state index contributed by atoms with van der Waals surface area (Å²) in [6.45, 7) is 0. The van der Waals surface area contributed by atoms with Crippen molar-refractivity contribution in [1.29, 1.82) is 0 Å². The van der Waals surface area contributed by atoms with Crippen molar-refractivity contribution in [2.45, 2.75) is 17.9 Å². The van der Waals surface area contributed by atoms with Crippen LogP contribution in [0.5, 0.6) is 0 Å². The van der Waals surface area contributed by atoms with Gasteiger partial charge in [0.2, 0.25) is 0 Å². The smallest absolute Gasteiger partial charge is 0.137 e. The van der Waals surface area contributed by atoms with Crippen molar-refractivity contribution in [1.82, 2.24) is 9.97 Å². The van der Waals surface area contributed by atoms with Crippen LogP contribution in [-0.2, 0) is 17.9 Å². The highest BCUT2D eigenvalue weighted by atomic mass is 35.5. The van der Waals surface area contributed by atoms with Crippen LogP contribution in [0.1, 0.15) is 22.6 Å². The maximum Gasteiger partial charge on any atom is 0.137 e. The van der Waals surface area contributed by atoms with Crippen LogP contribution in [-0.4, -0.2) is 9.97 Å². The highest BCUT2D eigenvalue weighted by molar-refractivity contribution is 7.98. The molecule has 0 spiro atoms. The summed E-state index contributed by atoms with van der Waals surface area (Å²) >= 11 is 20.3. The third-order valence-corrected chi connectivity index (χ3v) is 4.96. The van der Waals surface area contributed by atoms with Crippen molar-refractivity contribution >= 4 is 46.6 Å². The summed E-state index contributed by atoms with van der Waals surface area (Å²) in [5.74, 6) is 2.45. The number of fused-ring (bicyclic) bond motifs is 1. The maximum atomic E-state index is 6.19. The monoisotopic (exact) mass is 330 g/mol. The number of aromatic nitrogens is 2. The van der Waals surface area contributed by atoms with Gasteiger partial charge in [0.05, 0.1) is 5.69 Å². The molecule has 1 aromatic heterocycles. The van der Waals surface area contributed by atoms with Crippen LogP contribution in [0, 0.1) is 0 Å². The molecule has 2 aromatic rings. The summed E-state index contributed by atoms with van der Waals surface area (Å²) in [4.78, 5) is 8.90. The fraction of sp³-hybridized carbons (Fsp3) is 0.231. The van der Waals surface area contributed by atoms with Crippen molar-refractivity contribution < 1.29 is 0 Å². The van der Waals surface area contributed by atoms with Crippen LogP contribution in [0.15, 0.2) is 18.2 Å². The van der Waals surface area contributed by atoms with E-state index in [-0.39, 0.29) is 0 Å². The molecule has 0 unspecified atom stereocenters. The molecule has 0 saturated carbocycles. The minimum absolute atomic E-state index is 0.496. The Kier molecular flexibility index (Phi) is 3.90. The van der Waals surface area contributed by atoms with E-state index in [1.807, 2.05) is 18.2 Å². The van der Waals surface area contributed by atoms with Gasteiger partial charge < -0.3 is 0 Å². The Morgan fingerprint density at radius 3 is 2.53 bits per heavy atom. The largest absolute Gasteiger partial charge is 0.236 e. The van der Waals surface area contributed by atoms with Crippen LogP contribution in [0.25, 0.3) is 0 Å². The zero-order valence-corrected chi connectivity index (χ0v) is 12.9. The number of thioether (sulfide) groups is 1. The maximum absolute atomic E-state index is 6.19. The molecule has 0 atom stereocenters. The minimum atomic E-state index is 0.496. The first-order valence-corrected chi connectivity index (χ1v) is 7.99. The van der Waals surface area contributed by atoms with Crippen LogP contribution in [0.3, 0.4) is 0 Å². The minimum Gasteiger partial charge on any atom is -0.236 e. The Hall–Kier alpha value is -0.480. The summed E-state index contributed by atoms with van der Waals surface area (Å²) in [7, 11) is 0. The third-order valence-electron chi connectivity index (χ3n) is 2.97. The van der Waals surface area contributed by atoms with Gasteiger partial charge in [-0.25, -0.2) is 9.97 Å². The number of rotatable bonds is 2. The number of halogens is 3. The molecule has 19 heavy (non-hydrogen) atoms. The van der Waals surface area contributed by atoms with Gasteiger partial charge in [0, 0.05) is 33.5 Å². The predicted octanol–water partition coefficient (Wildman–Crippen LogP) is 4.77. The Bertz CT molecular complexity index is 626. The molecule has 2 nitrogen and oxygen atoms in total. The molecular weight excluding hydrogens is 323 g/mol. The standard InChI is InChI=1S/C13H9Cl3N2S/c14-9-2-1-3-10(15)7(9)4-12-17-11-6-19-5-8(11)13(16)18-12/h1-3H,4-6H2. The molecule has 1 aliphatic heterocycles. The summed E-state index contributed by atoms with van der Waals surface area (Å²) in [5.41, 5.74) is 2.93. The topological polar surface area (TPSA) is 25.8 Å². The highest BCUT2D eigenvalue weighted by Gasteiger charge is 2.19. The van der Waals surface area contributed by atoms with Crippen molar-refractivity contribution in [2.24, 2.45) is 0 Å². The van der Waals surface area contributed by atoms with Crippen LogP contribution < -0.4 is 0 Å². The van der Waals surface area contributed by atoms with E-state index in [9.17, 15) is 0 Å². The lowest BCUT2D eigenvalue weighted by Gasteiger charge is -2.08. The molecule has 0 fully saturated rings. The van der Waals surface area contributed by atoms with Crippen LogP contribution in [0.2, 0.25) is 15.2 Å². The zero-order valence-electron chi connectivity index (χ0n) is 9.79. The second-order valence-corrected chi connectivity index (χ2v) is 6.38. The fourth-order valence-corrected chi connectivity index (χ4v) is 3.92. The molecule has 6 heteroatoms. The van der Waals surface area contributed by atoms with Gasteiger partial charge in [-0.05, 0) is 17.7 Å².